The van der Waals surface area contributed by atoms with Gasteiger partial charge >= 0.3 is 6.09 Å². The van der Waals surface area contributed by atoms with Gasteiger partial charge in [-0.25, -0.2) is 9.18 Å². The highest BCUT2D eigenvalue weighted by molar-refractivity contribution is 14.1. The Balaban J connectivity index is 1.61. The van der Waals surface area contributed by atoms with Crippen LogP contribution >= 0.6 is 22.6 Å². The summed E-state index contributed by atoms with van der Waals surface area (Å²) in [7, 11) is 0. The van der Waals surface area contributed by atoms with Gasteiger partial charge in [-0.3, -0.25) is 9.69 Å². The summed E-state index contributed by atoms with van der Waals surface area (Å²) in [6, 6.07) is 13.3. The Labute approximate surface area is 164 Å². The molecular weight excluding hydrogens is 450 g/mol. The van der Waals surface area contributed by atoms with Crippen LogP contribution in [0.2, 0.25) is 0 Å². The summed E-state index contributed by atoms with van der Waals surface area (Å²) in [5, 5.41) is 2.57. The third-order valence-electron chi connectivity index (χ3n) is 4.18. The predicted molar refractivity (Wildman–Crippen MR) is 104 cm³/mol. The SMILES string of the molecule is O=C(Nc1ccc(I)cc1F)C1CCCN1C(=O)OCc1ccccc1. The van der Waals surface area contributed by atoms with Crippen molar-refractivity contribution in [2.24, 2.45) is 0 Å². The Hall–Kier alpha value is -2.16. The maximum Gasteiger partial charge on any atom is 0.410 e. The average Bonchev–Trinajstić information content (AvgIpc) is 3.13. The molecule has 2 aromatic carbocycles. The predicted octanol–water partition coefficient (Wildman–Crippen LogP) is 4.17. The molecule has 1 aliphatic heterocycles. The van der Waals surface area contributed by atoms with E-state index in [0.717, 1.165) is 9.13 Å². The Kier molecular flexibility index (Phi) is 6.08. The molecule has 1 heterocycles. The number of hydrogen-bond donors (Lipinski definition) is 1. The van der Waals surface area contributed by atoms with Crippen LogP contribution in [-0.4, -0.2) is 29.5 Å². The van der Waals surface area contributed by atoms with Crippen LogP contribution in [0.4, 0.5) is 14.9 Å². The first-order chi connectivity index (χ1) is 12.5. The van der Waals surface area contributed by atoms with Gasteiger partial charge in [-0.1, -0.05) is 30.3 Å². The van der Waals surface area contributed by atoms with Crippen molar-refractivity contribution >= 4 is 40.3 Å². The average molecular weight is 468 g/mol. The number of ether oxygens (including phenoxy) is 1. The number of nitrogens with one attached hydrogen (secondary N) is 1. The molecule has 2 aromatic rings. The Morgan fingerprint density at radius 1 is 1.23 bits per heavy atom. The quantitative estimate of drug-likeness (QED) is 0.686. The van der Waals surface area contributed by atoms with E-state index in [1.54, 1.807) is 6.07 Å². The summed E-state index contributed by atoms with van der Waals surface area (Å²) in [6.45, 7) is 0.594. The van der Waals surface area contributed by atoms with Crippen LogP contribution in [0.25, 0.3) is 0 Å². The van der Waals surface area contributed by atoms with Crippen molar-refractivity contribution in [2.45, 2.75) is 25.5 Å². The molecule has 0 aromatic heterocycles. The maximum absolute atomic E-state index is 13.9. The Morgan fingerprint density at radius 2 is 2.00 bits per heavy atom. The van der Waals surface area contributed by atoms with Gasteiger partial charge in [0, 0.05) is 10.1 Å². The second kappa shape index (κ2) is 8.48. The van der Waals surface area contributed by atoms with Crippen molar-refractivity contribution in [1.29, 1.82) is 0 Å². The smallest absolute Gasteiger partial charge is 0.410 e. The Bertz CT molecular complexity index is 801. The molecule has 2 amide bonds. The summed E-state index contributed by atoms with van der Waals surface area (Å²) in [5.74, 6) is -0.902. The van der Waals surface area contributed by atoms with Gasteiger partial charge in [0.25, 0.3) is 0 Å². The fourth-order valence-electron chi connectivity index (χ4n) is 2.87. The van der Waals surface area contributed by atoms with Gasteiger partial charge in [0.15, 0.2) is 0 Å². The number of benzene rings is 2. The highest BCUT2D eigenvalue weighted by Crippen LogP contribution is 2.22. The lowest BCUT2D eigenvalue weighted by Gasteiger charge is -2.23. The van der Waals surface area contributed by atoms with Crippen molar-refractivity contribution in [3.8, 4) is 0 Å². The molecule has 0 radical (unpaired) electrons. The van der Waals surface area contributed by atoms with E-state index in [1.807, 2.05) is 52.9 Å². The first-order valence-electron chi connectivity index (χ1n) is 8.28. The second-order valence-electron chi connectivity index (χ2n) is 6.01. The van der Waals surface area contributed by atoms with Crippen LogP contribution in [0.15, 0.2) is 48.5 Å². The van der Waals surface area contributed by atoms with E-state index in [-0.39, 0.29) is 12.3 Å². The zero-order chi connectivity index (χ0) is 18.5. The van der Waals surface area contributed by atoms with Crippen molar-refractivity contribution < 1.29 is 18.7 Å². The number of halogens is 2. The zero-order valence-corrected chi connectivity index (χ0v) is 16.1. The zero-order valence-electron chi connectivity index (χ0n) is 14.0. The third kappa shape index (κ3) is 4.51. The summed E-state index contributed by atoms with van der Waals surface area (Å²) < 4.78 is 20.0. The van der Waals surface area contributed by atoms with E-state index in [0.29, 0.717) is 19.4 Å². The normalized spacial score (nSPS) is 16.4. The number of likely N-dealkylation sites (tertiary alicyclic amines) is 1. The number of carbonyl (C=O) groups is 2. The van der Waals surface area contributed by atoms with Crippen LogP contribution in [0, 0.1) is 9.39 Å². The highest BCUT2D eigenvalue weighted by Gasteiger charge is 2.35. The number of anilines is 1. The first-order valence-corrected chi connectivity index (χ1v) is 9.35. The van der Waals surface area contributed by atoms with Gasteiger partial charge in [0.2, 0.25) is 5.91 Å². The fraction of sp³-hybridized carbons (Fsp3) is 0.263. The van der Waals surface area contributed by atoms with Gasteiger partial charge in [-0.15, -0.1) is 0 Å². The number of carbonyl (C=O) groups excluding carboxylic acids is 2. The number of amides is 2. The fourth-order valence-corrected chi connectivity index (χ4v) is 3.32. The van der Waals surface area contributed by atoms with Gasteiger partial charge in [0.05, 0.1) is 5.69 Å². The molecular formula is C19H18FIN2O3. The molecule has 26 heavy (non-hydrogen) atoms. The van der Waals surface area contributed by atoms with Crippen LogP contribution in [0.1, 0.15) is 18.4 Å². The van der Waals surface area contributed by atoms with Gasteiger partial charge in [0.1, 0.15) is 18.5 Å². The minimum atomic E-state index is -0.656. The van der Waals surface area contributed by atoms with Crippen molar-refractivity contribution in [1.82, 2.24) is 4.90 Å². The van der Waals surface area contributed by atoms with Crippen LogP contribution in [0.5, 0.6) is 0 Å². The van der Waals surface area contributed by atoms with Crippen LogP contribution in [-0.2, 0) is 16.1 Å². The van der Waals surface area contributed by atoms with E-state index in [2.05, 4.69) is 5.32 Å². The van der Waals surface area contributed by atoms with E-state index in [1.165, 1.54) is 17.0 Å². The van der Waals surface area contributed by atoms with E-state index in [4.69, 9.17) is 4.74 Å². The molecule has 0 spiro atoms. The van der Waals surface area contributed by atoms with E-state index in [9.17, 15) is 14.0 Å². The largest absolute Gasteiger partial charge is 0.445 e. The number of rotatable bonds is 4. The minimum absolute atomic E-state index is 0.111. The lowest BCUT2D eigenvalue weighted by atomic mass is 10.2. The molecule has 0 saturated carbocycles. The van der Waals surface area contributed by atoms with Crippen LogP contribution in [0.3, 0.4) is 0 Å². The van der Waals surface area contributed by atoms with Crippen molar-refractivity contribution in [3.63, 3.8) is 0 Å². The van der Waals surface area contributed by atoms with E-state index >= 15 is 0 Å². The monoisotopic (exact) mass is 468 g/mol. The molecule has 1 N–H and O–H groups in total. The highest BCUT2D eigenvalue weighted by atomic mass is 127. The molecule has 5 nitrogen and oxygen atoms in total. The van der Waals surface area contributed by atoms with Crippen LogP contribution < -0.4 is 5.32 Å². The summed E-state index contributed by atoms with van der Waals surface area (Å²) in [4.78, 5) is 26.3. The van der Waals surface area contributed by atoms with Gasteiger partial charge < -0.3 is 10.1 Å². The summed E-state index contributed by atoms with van der Waals surface area (Å²) in [6.07, 6.45) is 0.695. The van der Waals surface area contributed by atoms with Crippen molar-refractivity contribution in [2.75, 3.05) is 11.9 Å². The number of nitrogens with zero attached hydrogens (tertiary/aromatic N) is 1. The Morgan fingerprint density at radius 3 is 2.73 bits per heavy atom. The molecule has 136 valence electrons. The van der Waals surface area contributed by atoms with Gasteiger partial charge in [-0.05, 0) is 59.2 Å². The summed E-state index contributed by atoms with van der Waals surface area (Å²) in [5.41, 5.74) is 0.988. The molecule has 1 atom stereocenters. The summed E-state index contributed by atoms with van der Waals surface area (Å²) >= 11 is 2.00. The maximum atomic E-state index is 13.9. The van der Waals surface area contributed by atoms with E-state index < -0.39 is 23.9 Å². The molecule has 1 saturated heterocycles. The molecule has 7 heteroatoms. The molecule has 1 unspecified atom stereocenters. The standard InChI is InChI=1S/C19H18FIN2O3/c20-15-11-14(21)8-9-16(15)22-18(24)17-7-4-10-23(17)19(25)26-12-13-5-2-1-3-6-13/h1-3,5-6,8-9,11,17H,4,7,10,12H2,(H,22,24). The molecule has 0 bridgehead atoms. The number of hydrogen-bond acceptors (Lipinski definition) is 3. The minimum Gasteiger partial charge on any atom is -0.445 e. The molecule has 1 aliphatic rings. The molecule has 1 fully saturated rings. The second-order valence-corrected chi connectivity index (χ2v) is 7.25. The lowest BCUT2D eigenvalue weighted by Crippen LogP contribution is -2.43. The lowest BCUT2D eigenvalue weighted by molar-refractivity contribution is -0.120. The third-order valence-corrected chi connectivity index (χ3v) is 4.86. The first kappa shape index (κ1) is 18.6. The van der Waals surface area contributed by atoms with Gasteiger partial charge in [-0.2, -0.15) is 0 Å². The molecule has 0 aliphatic carbocycles. The topological polar surface area (TPSA) is 58.6 Å². The molecule has 3 rings (SSSR count). The van der Waals surface area contributed by atoms with Crippen molar-refractivity contribution in [3.05, 3.63) is 63.5 Å².